The number of anilines is 1. The molecule has 5 nitrogen and oxygen atoms in total. The molecule has 1 aliphatic rings. The van der Waals surface area contributed by atoms with Gasteiger partial charge in [0.15, 0.2) is 0 Å². The van der Waals surface area contributed by atoms with Crippen LogP contribution in [-0.2, 0) is 0 Å². The second-order valence-corrected chi connectivity index (χ2v) is 5.92. The predicted octanol–water partition coefficient (Wildman–Crippen LogP) is 2.20. The molecule has 0 bridgehead atoms. The van der Waals surface area contributed by atoms with Crippen LogP contribution in [0.3, 0.4) is 0 Å². The van der Waals surface area contributed by atoms with Gasteiger partial charge in [-0.2, -0.15) is 0 Å². The highest BCUT2D eigenvalue weighted by atomic mass is 16.5. The van der Waals surface area contributed by atoms with Crippen LogP contribution in [0.5, 0.6) is 5.75 Å². The number of piperidine rings is 1. The van der Waals surface area contributed by atoms with Crippen molar-refractivity contribution in [1.29, 1.82) is 0 Å². The minimum atomic E-state index is -0.862. The van der Waals surface area contributed by atoms with Crippen molar-refractivity contribution in [3.05, 3.63) is 48.4 Å². The molecule has 22 heavy (non-hydrogen) atoms. The van der Waals surface area contributed by atoms with E-state index in [0.29, 0.717) is 6.54 Å². The Bertz CT molecular complexity index is 620. The molecule has 2 heterocycles. The highest BCUT2D eigenvalue weighted by Gasteiger charge is 2.34. The zero-order valence-corrected chi connectivity index (χ0v) is 12.8. The first-order valence-electron chi connectivity index (χ1n) is 7.57. The maximum Gasteiger partial charge on any atom is 0.147 e. The minimum absolute atomic E-state index is 0.285. The SMILES string of the molecule is Cc1cccc(OC[C@]2(O)CCCN(c3cnccn3)C2)c1. The van der Waals surface area contributed by atoms with Crippen LogP contribution in [0.15, 0.2) is 42.9 Å². The van der Waals surface area contributed by atoms with Crippen molar-refractivity contribution in [2.45, 2.75) is 25.4 Å². The minimum Gasteiger partial charge on any atom is -0.491 e. The molecule has 1 N–H and O–H groups in total. The number of β-amino-alcohol motifs (C(OH)–C–C–N with tert-alkyl or cyclic N) is 1. The van der Waals surface area contributed by atoms with Gasteiger partial charge in [0.1, 0.15) is 23.8 Å². The largest absolute Gasteiger partial charge is 0.491 e. The first-order valence-corrected chi connectivity index (χ1v) is 7.57. The number of rotatable bonds is 4. The molecule has 0 spiro atoms. The molecule has 2 aromatic rings. The molecule has 1 aliphatic heterocycles. The van der Waals surface area contributed by atoms with Crippen LogP contribution >= 0.6 is 0 Å². The van der Waals surface area contributed by atoms with E-state index in [4.69, 9.17) is 4.74 Å². The molecule has 0 unspecified atom stereocenters. The Labute approximate surface area is 130 Å². The summed E-state index contributed by atoms with van der Waals surface area (Å²) in [6.07, 6.45) is 6.69. The van der Waals surface area contributed by atoms with Crippen LogP contribution in [0.2, 0.25) is 0 Å². The van der Waals surface area contributed by atoms with E-state index in [1.165, 1.54) is 0 Å². The number of benzene rings is 1. The van der Waals surface area contributed by atoms with E-state index in [0.717, 1.165) is 36.5 Å². The quantitative estimate of drug-likeness (QED) is 0.938. The second kappa shape index (κ2) is 6.32. The van der Waals surface area contributed by atoms with E-state index in [1.807, 2.05) is 31.2 Å². The van der Waals surface area contributed by atoms with Gasteiger partial charge in [-0.1, -0.05) is 12.1 Å². The van der Waals surface area contributed by atoms with E-state index in [1.54, 1.807) is 18.6 Å². The average molecular weight is 299 g/mol. The van der Waals surface area contributed by atoms with Gasteiger partial charge >= 0.3 is 0 Å². The van der Waals surface area contributed by atoms with Gasteiger partial charge in [0.05, 0.1) is 12.7 Å². The fourth-order valence-electron chi connectivity index (χ4n) is 2.80. The summed E-state index contributed by atoms with van der Waals surface area (Å²) in [6, 6.07) is 7.88. The van der Waals surface area contributed by atoms with Crippen molar-refractivity contribution in [3.8, 4) is 5.75 Å². The van der Waals surface area contributed by atoms with Crippen molar-refractivity contribution < 1.29 is 9.84 Å². The summed E-state index contributed by atoms with van der Waals surface area (Å²) in [4.78, 5) is 10.5. The third-order valence-electron chi connectivity index (χ3n) is 3.93. The van der Waals surface area contributed by atoms with Gasteiger partial charge in [-0.25, -0.2) is 4.98 Å². The highest BCUT2D eigenvalue weighted by Crippen LogP contribution is 2.25. The molecule has 1 fully saturated rings. The maximum atomic E-state index is 10.8. The molecule has 3 rings (SSSR count). The first kappa shape index (κ1) is 14.8. The van der Waals surface area contributed by atoms with Crippen molar-refractivity contribution in [2.24, 2.45) is 0 Å². The van der Waals surface area contributed by atoms with Crippen LogP contribution < -0.4 is 9.64 Å². The molecule has 0 radical (unpaired) electrons. The van der Waals surface area contributed by atoms with Crippen LogP contribution in [0, 0.1) is 6.92 Å². The number of hydrogen-bond acceptors (Lipinski definition) is 5. The van der Waals surface area contributed by atoms with Gasteiger partial charge in [0.2, 0.25) is 0 Å². The zero-order chi connectivity index (χ0) is 15.4. The van der Waals surface area contributed by atoms with Gasteiger partial charge < -0.3 is 14.7 Å². The molecule has 5 heteroatoms. The van der Waals surface area contributed by atoms with Gasteiger partial charge in [0.25, 0.3) is 0 Å². The van der Waals surface area contributed by atoms with Crippen LogP contribution in [0.1, 0.15) is 18.4 Å². The van der Waals surface area contributed by atoms with Crippen LogP contribution in [-0.4, -0.2) is 40.4 Å². The summed E-state index contributed by atoms with van der Waals surface area (Å²) in [5, 5.41) is 10.8. The lowest BCUT2D eigenvalue weighted by molar-refractivity contribution is -0.0156. The fourth-order valence-corrected chi connectivity index (χ4v) is 2.80. The molecular formula is C17H21N3O2. The molecule has 1 aromatic heterocycles. The molecule has 0 amide bonds. The summed E-state index contributed by atoms with van der Waals surface area (Å²) >= 11 is 0. The summed E-state index contributed by atoms with van der Waals surface area (Å²) in [6.45, 7) is 3.70. The van der Waals surface area contributed by atoms with E-state index < -0.39 is 5.60 Å². The smallest absolute Gasteiger partial charge is 0.147 e. The van der Waals surface area contributed by atoms with Crippen molar-refractivity contribution in [3.63, 3.8) is 0 Å². The number of nitrogens with zero attached hydrogens (tertiary/aromatic N) is 3. The van der Waals surface area contributed by atoms with E-state index in [2.05, 4.69) is 14.9 Å². The molecule has 1 atom stereocenters. The Morgan fingerprint density at radius 2 is 2.27 bits per heavy atom. The Morgan fingerprint density at radius 3 is 3.05 bits per heavy atom. The lowest BCUT2D eigenvalue weighted by Crippen LogP contribution is -2.52. The lowest BCUT2D eigenvalue weighted by Gasteiger charge is -2.39. The van der Waals surface area contributed by atoms with E-state index in [-0.39, 0.29) is 6.61 Å². The molecule has 1 aromatic carbocycles. The summed E-state index contributed by atoms with van der Waals surface area (Å²) < 4.78 is 5.80. The fraction of sp³-hybridized carbons (Fsp3) is 0.412. The summed E-state index contributed by atoms with van der Waals surface area (Å²) in [5.74, 6) is 1.60. The Balaban J connectivity index is 1.65. The third-order valence-corrected chi connectivity index (χ3v) is 3.93. The summed E-state index contributed by atoms with van der Waals surface area (Å²) in [5.41, 5.74) is 0.286. The van der Waals surface area contributed by atoms with E-state index >= 15 is 0 Å². The number of aryl methyl sites for hydroxylation is 1. The van der Waals surface area contributed by atoms with Crippen molar-refractivity contribution in [2.75, 3.05) is 24.6 Å². The Hall–Kier alpha value is -2.14. The monoisotopic (exact) mass is 299 g/mol. The normalized spacial score (nSPS) is 21.6. The zero-order valence-electron chi connectivity index (χ0n) is 12.8. The number of aliphatic hydroxyl groups is 1. The number of hydrogen-bond donors (Lipinski definition) is 1. The van der Waals surface area contributed by atoms with Gasteiger partial charge in [0, 0.05) is 18.9 Å². The molecule has 0 aliphatic carbocycles. The van der Waals surface area contributed by atoms with E-state index in [9.17, 15) is 5.11 Å². The molecule has 1 saturated heterocycles. The maximum absolute atomic E-state index is 10.8. The second-order valence-electron chi connectivity index (χ2n) is 5.92. The highest BCUT2D eigenvalue weighted by molar-refractivity contribution is 5.36. The Morgan fingerprint density at radius 1 is 1.36 bits per heavy atom. The van der Waals surface area contributed by atoms with Crippen molar-refractivity contribution >= 4 is 5.82 Å². The van der Waals surface area contributed by atoms with Gasteiger partial charge in [-0.3, -0.25) is 4.98 Å². The summed E-state index contributed by atoms with van der Waals surface area (Å²) in [7, 11) is 0. The number of aromatic nitrogens is 2. The average Bonchev–Trinajstić information content (AvgIpc) is 2.54. The predicted molar refractivity (Wildman–Crippen MR) is 85.1 cm³/mol. The van der Waals surface area contributed by atoms with Gasteiger partial charge in [-0.15, -0.1) is 0 Å². The topological polar surface area (TPSA) is 58.5 Å². The standard InChI is InChI=1S/C17H21N3O2/c1-14-4-2-5-15(10-14)22-13-17(21)6-3-9-20(12-17)16-11-18-7-8-19-16/h2,4-5,7-8,10-11,21H,3,6,9,12-13H2,1H3/t17-/m0/s1. The van der Waals surface area contributed by atoms with Gasteiger partial charge in [-0.05, 0) is 37.5 Å². The Kier molecular flexibility index (Phi) is 4.24. The first-order chi connectivity index (χ1) is 10.6. The molecule has 116 valence electrons. The molecule has 0 saturated carbocycles. The lowest BCUT2D eigenvalue weighted by atomic mass is 9.94. The number of ether oxygens (including phenoxy) is 1. The van der Waals surface area contributed by atoms with Crippen molar-refractivity contribution in [1.82, 2.24) is 9.97 Å². The third kappa shape index (κ3) is 3.54. The van der Waals surface area contributed by atoms with Crippen LogP contribution in [0.25, 0.3) is 0 Å². The molecular weight excluding hydrogens is 278 g/mol. The van der Waals surface area contributed by atoms with Crippen LogP contribution in [0.4, 0.5) is 5.82 Å².